The van der Waals surface area contributed by atoms with Crippen LogP contribution in [-0.2, 0) is 11.3 Å². The number of fused-ring (bicyclic) bond motifs is 1. The smallest absolute Gasteiger partial charge is 0.316 e. The molecule has 0 bridgehead atoms. The van der Waals surface area contributed by atoms with Gasteiger partial charge in [-0.3, -0.25) is 9.59 Å². The van der Waals surface area contributed by atoms with Gasteiger partial charge in [-0.25, -0.2) is 4.98 Å². The zero-order valence-electron chi connectivity index (χ0n) is 17.8. The van der Waals surface area contributed by atoms with Crippen LogP contribution in [0, 0.1) is 12.3 Å². The van der Waals surface area contributed by atoms with E-state index in [2.05, 4.69) is 4.98 Å². The lowest BCUT2D eigenvalue weighted by atomic mass is 9.97. The van der Waals surface area contributed by atoms with E-state index in [1.165, 1.54) is 4.90 Å². The second kappa shape index (κ2) is 7.70. The molecule has 0 spiro atoms. The Kier molecular flexibility index (Phi) is 5.46. The Hall–Kier alpha value is -3.15. The van der Waals surface area contributed by atoms with E-state index in [1.54, 1.807) is 40.9 Å². The Morgan fingerprint density at radius 3 is 2.34 bits per heavy atom. The van der Waals surface area contributed by atoms with Gasteiger partial charge in [-0.1, -0.05) is 30.3 Å². The van der Waals surface area contributed by atoms with E-state index in [0.29, 0.717) is 23.4 Å². The van der Waals surface area contributed by atoms with Gasteiger partial charge in [-0.05, 0) is 45.4 Å². The molecule has 0 N–H and O–H groups in total. The van der Waals surface area contributed by atoms with Crippen molar-refractivity contribution in [1.82, 2.24) is 14.5 Å². The summed E-state index contributed by atoms with van der Waals surface area (Å²) in [7, 11) is 3.39. The second-order valence-electron chi connectivity index (χ2n) is 8.41. The van der Waals surface area contributed by atoms with E-state index in [0.717, 1.165) is 16.9 Å². The molecule has 0 atom stereocenters. The number of nitrogens with zero attached hydrogens (tertiary/aromatic N) is 3. The van der Waals surface area contributed by atoms with Crippen molar-refractivity contribution in [3.63, 3.8) is 0 Å². The molecular formula is C23H27N3O3. The number of carbonyl (C=O) groups is 2. The normalized spacial score (nSPS) is 11.5. The predicted octanol–water partition coefficient (Wildman–Crippen LogP) is 4.05. The Bertz CT molecular complexity index is 1060. The van der Waals surface area contributed by atoms with E-state index >= 15 is 0 Å². The number of amides is 1. The summed E-state index contributed by atoms with van der Waals surface area (Å²) in [5.74, 6) is 0.558. The number of aromatic nitrogens is 2. The van der Waals surface area contributed by atoms with Gasteiger partial charge in [-0.15, -0.1) is 0 Å². The fourth-order valence-corrected chi connectivity index (χ4v) is 2.99. The van der Waals surface area contributed by atoms with Gasteiger partial charge in [0.2, 0.25) is 0 Å². The molecule has 3 rings (SSSR count). The minimum absolute atomic E-state index is 0.162. The fraction of sp³-hybridized carbons (Fsp3) is 0.348. The van der Waals surface area contributed by atoms with Crippen molar-refractivity contribution in [2.45, 2.75) is 34.2 Å². The van der Waals surface area contributed by atoms with Crippen molar-refractivity contribution in [2.75, 3.05) is 14.1 Å². The van der Waals surface area contributed by atoms with Gasteiger partial charge >= 0.3 is 5.97 Å². The highest BCUT2D eigenvalue weighted by atomic mass is 16.5. The zero-order chi connectivity index (χ0) is 21.3. The second-order valence-corrected chi connectivity index (χ2v) is 8.41. The van der Waals surface area contributed by atoms with Crippen molar-refractivity contribution >= 4 is 22.9 Å². The first-order chi connectivity index (χ1) is 13.6. The molecule has 0 aliphatic heterocycles. The molecule has 0 aliphatic rings. The van der Waals surface area contributed by atoms with Crippen molar-refractivity contribution in [1.29, 1.82) is 0 Å². The molecule has 0 radical (unpaired) electrons. The molecule has 0 fully saturated rings. The Morgan fingerprint density at radius 1 is 1.10 bits per heavy atom. The van der Waals surface area contributed by atoms with Crippen LogP contribution in [0.2, 0.25) is 0 Å². The number of ether oxygens (including phenoxy) is 1. The van der Waals surface area contributed by atoms with Crippen LogP contribution in [0.1, 0.15) is 42.5 Å². The first kappa shape index (κ1) is 20.6. The van der Waals surface area contributed by atoms with Crippen LogP contribution in [-0.4, -0.2) is 40.4 Å². The Morgan fingerprint density at radius 2 is 1.76 bits per heavy atom. The number of hydrogen-bond acceptors (Lipinski definition) is 4. The number of benzene rings is 2. The van der Waals surface area contributed by atoms with Crippen molar-refractivity contribution in [3.8, 4) is 5.75 Å². The molecule has 0 aliphatic carbocycles. The van der Waals surface area contributed by atoms with Crippen LogP contribution in [0.5, 0.6) is 5.75 Å². The number of hydrogen-bond donors (Lipinski definition) is 0. The maximum Gasteiger partial charge on any atom is 0.316 e. The molecule has 0 saturated heterocycles. The van der Waals surface area contributed by atoms with Gasteiger partial charge in [0.1, 0.15) is 11.3 Å². The highest BCUT2D eigenvalue weighted by molar-refractivity contribution is 5.99. The summed E-state index contributed by atoms with van der Waals surface area (Å²) < 4.78 is 7.73. The minimum Gasteiger partial charge on any atom is -0.424 e. The molecule has 1 aromatic heterocycles. The van der Waals surface area contributed by atoms with Crippen molar-refractivity contribution in [2.24, 2.45) is 5.41 Å². The molecular weight excluding hydrogens is 366 g/mol. The molecule has 1 heterocycles. The molecule has 6 nitrogen and oxygen atoms in total. The molecule has 2 aromatic carbocycles. The van der Waals surface area contributed by atoms with Crippen LogP contribution in [0.3, 0.4) is 0 Å². The van der Waals surface area contributed by atoms with Gasteiger partial charge in [0.05, 0.1) is 10.9 Å². The van der Waals surface area contributed by atoms with Crippen LogP contribution in [0.25, 0.3) is 11.0 Å². The van der Waals surface area contributed by atoms with E-state index in [9.17, 15) is 9.59 Å². The average Bonchev–Trinajstić information content (AvgIpc) is 2.97. The molecule has 0 unspecified atom stereocenters. The monoisotopic (exact) mass is 393 g/mol. The van der Waals surface area contributed by atoms with Crippen molar-refractivity contribution < 1.29 is 14.3 Å². The Labute approximate surface area is 171 Å². The number of rotatable bonds is 4. The standard InChI is InChI=1S/C23H27N3O3/c1-15-24-20-18(26(15)14-16-10-8-7-9-11-16)12-17(21(27)25(5)6)13-19(20)29-22(28)23(2,3)4/h7-13H,14H2,1-6H3. The molecule has 152 valence electrons. The summed E-state index contributed by atoms with van der Waals surface area (Å²) in [6, 6.07) is 13.5. The van der Waals surface area contributed by atoms with Crippen LogP contribution in [0.15, 0.2) is 42.5 Å². The Balaban J connectivity index is 2.17. The zero-order valence-corrected chi connectivity index (χ0v) is 17.8. The van der Waals surface area contributed by atoms with E-state index in [-0.39, 0.29) is 11.9 Å². The van der Waals surface area contributed by atoms with Crippen LogP contribution >= 0.6 is 0 Å². The van der Waals surface area contributed by atoms with Crippen LogP contribution < -0.4 is 4.74 Å². The van der Waals surface area contributed by atoms with E-state index < -0.39 is 5.41 Å². The topological polar surface area (TPSA) is 64.4 Å². The average molecular weight is 393 g/mol. The number of aryl methyl sites for hydroxylation is 1. The first-order valence-corrected chi connectivity index (χ1v) is 9.56. The van der Waals surface area contributed by atoms with E-state index in [4.69, 9.17) is 4.74 Å². The first-order valence-electron chi connectivity index (χ1n) is 9.56. The molecule has 6 heteroatoms. The minimum atomic E-state index is -0.671. The summed E-state index contributed by atoms with van der Waals surface area (Å²) in [6.45, 7) is 7.89. The fourth-order valence-electron chi connectivity index (χ4n) is 2.99. The lowest BCUT2D eigenvalue weighted by molar-refractivity contribution is -0.142. The summed E-state index contributed by atoms with van der Waals surface area (Å²) in [6.07, 6.45) is 0. The predicted molar refractivity (Wildman–Crippen MR) is 113 cm³/mol. The summed E-state index contributed by atoms with van der Waals surface area (Å²) in [5, 5.41) is 0. The maximum absolute atomic E-state index is 12.7. The molecule has 0 saturated carbocycles. The van der Waals surface area contributed by atoms with Gasteiger partial charge in [0.25, 0.3) is 5.91 Å². The lowest BCUT2D eigenvalue weighted by Gasteiger charge is -2.18. The quantitative estimate of drug-likeness (QED) is 0.496. The molecule has 3 aromatic rings. The lowest BCUT2D eigenvalue weighted by Crippen LogP contribution is -2.26. The largest absolute Gasteiger partial charge is 0.424 e. The highest BCUT2D eigenvalue weighted by Crippen LogP contribution is 2.31. The number of imidazole rings is 1. The third-order valence-electron chi connectivity index (χ3n) is 4.66. The van der Waals surface area contributed by atoms with Crippen molar-refractivity contribution in [3.05, 3.63) is 59.4 Å². The molecule has 1 amide bonds. The number of carbonyl (C=O) groups excluding carboxylic acids is 2. The summed E-state index contributed by atoms with van der Waals surface area (Å²) in [5.41, 5.74) is 2.23. The SMILES string of the molecule is Cc1nc2c(OC(=O)C(C)(C)C)cc(C(=O)N(C)C)cc2n1Cc1ccccc1. The van der Waals surface area contributed by atoms with Gasteiger partial charge in [0.15, 0.2) is 5.75 Å². The maximum atomic E-state index is 12.7. The van der Waals surface area contributed by atoms with Gasteiger partial charge in [0, 0.05) is 26.2 Å². The van der Waals surface area contributed by atoms with Gasteiger partial charge in [-0.2, -0.15) is 0 Å². The molecule has 29 heavy (non-hydrogen) atoms. The number of esters is 1. The van der Waals surface area contributed by atoms with Crippen LogP contribution in [0.4, 0.5) is 0 Å². The summed E-state index contributed by atoms with van der Waals surface area (Å²) >= 11 is 0. The van der Waals surface area contributed by atoms with E-state index in [1.807, 2.05) is 47.9 Å². The van der Waals surface area contributed by atoms with Gasteiger partial charge < -0.3 is 14.2 Å². The third kappa shape index (κ3) is 4.31. The third-order valence-corrected chi connectivity index (χ3v) is 4.66. The highest BCUT2D eigenvalue weighted by Gasteiger charge is 2.26. The summed E-state index contributed by atoms with van der Waals surface area (Å²) in [4.78, 5) is 31.3.